The Labute approximate surface area is 125 Å². The van der Waals surface area contributed by atoms with Gasteiger partial charge >= 0.3 is 0 Å². The molecule has 0 aliphatic carbocycles. The highest BCUT2D eigenvalue weighted by atomic mass is 35.5. The smallest absolute Gasteiger partial charge is 0.226 e. The maximum atomic E-state index is 14.2. The third-order valence-corrected chi connectivity index (χ3v) is 3.31. The van der Waals surface area contributed by atoms with E-state index < -0.39 is 11.6 Å². The molecular formula is C16H10ClF2NO. The molecule has 0 spiro atoms. The fourth-order valence-electron chi connectivity index (χ4n) is 2.12. The zero-order valence-corrected chi connectivity index (χ0v) is 11.6. The quantitative estimate of drug-likeness (QED) is 0.690. The van der Waals surface area contributed by atoms with E-state index >= 15 is 0 Å². The molecule has 0 radical (unpaired) electrons. The van der Waals surface area contributed by atoms with Crippen LogP contribution in [0.15, 0.2) is 53.1 Å². The molecule has 21 heavy (non-hydrogen) atoms. The summed E-state index contributed by atoms with van der Waals surface area (Å²) >= 11 is 5.59. The lowest BCUT2D eigenvalue weighted by Crippen LogP contribution is -1.98. The minimum absolute atomic E-state index is 0.0110. The molecule has 0 bridgehead atoms. The Morgan fingerprint density at radius 1 is 0.952 bits per heavy atom. The van der Waals surface area contributed by atoms with Gasteiger partial charge in [0.05, 0.1) is 5.69 Å². The van der Waals surface area contributed by atoms with Crippen LogP contribution in [0.1, 0.15) is 11.3 Å². The van der Waals surface area contributed by atoms with E-state index in [0.717, 1.165) is 5.56 Å². The van der Waals surface area contributed by atoms with Crippen LogP contribution in [0.4, 0.5) is 8.78 Å². The summed E-state index contributed by atoms with van der Waals surface area (Å²) < 4.78 is 33.0. The molecule has 0 aliphatic rings. The molecule has 3 aromatic rings. The normalized spacial score (nSPS) is 10.8. The first-order valence-electron chi connectivity index (χ1n) is 6.28. The van der Waals surface area contributed by atoms with Crippen LogP contribution < -0.4 is 0 Å². The minimum Gasteiger partial charge on any atom is -0.344 e. The van der Waals surface area contributed by atoms with Crippen LogP contribution in [0.2, 0.25) is 5.22 Å². The molecule has 0 N–H and O–H groups in total. The highest BCUT2D eigenvalue weighted by molar-refractivity contribution is 6.28. The Hall–Kier alpha value is -2.20. The van der Waals surface area contributed by atoms with Gasteiger partial charge in [-0.3, -0.25) is 0 Å². The standard InChI is InChI=1S/C16H10ClF2NO/c17-16-9-12(20-21-16)8-13-14(18)6-11(7-15(13)19)10-4-2-1-3-5-10/h1-7,9H,8H2. The molecular weight excluding hydrogens is 296 g/mol. The number of rotatable bonds is 3. The van der Waals surface area contributed by atoms with Gasteiger partial charge < -0.3 is 4.52 Å². The van der Waals surface area contributed by atoms with Crippen molar-refractivity contribution >= 4 is 11.6 Å². The van der Waals surface area contributed by atoms with E-state index in [1.165, 1.54) is 18.2 Å². The van der Waals surface area contributed by atoms with Gasteiger partial charge in [-0.25, -0.2) is 8.78 Å². The molecule has 106 valence electrons. The lowest BCUT2D eigenvalue weighted by molar-refractivity contribution is 0.414. The highest BCUT2D eigenvalue weighted by Crippen LogP contribution is 2.26. The molecule has 2 aromatic carbocycles. The van der Waals surface area contributed by atoms with E-state index in [2.05, 4.69) is 9.68 Å². The molecule has 0 saturated carbocycles. The predicted molar refractivity (Wildman–Crippen MR) is 76.1 cm³/mol. The molecule has 0 amide bonds. The molecule has 0 saturated heterocycles. The third kappa shape index (κ3) is 2.95. The zero-order valence-electron chi connectivity index (χ0n) is 10.8. The average Bonchev–Trinajstić information content (AvgIpc) is 2.89. The van der Waals surface area contributed by atoms with Crippen LogP contribution in [0, 0.1) is 11.6 Å². The Kier molecular flexibility index (Phi) is 3.71. The zero-order chi connectivity index (χ0) is 14.8. The maximum Gasteiger partial charge on any atom is 0.226 e. The van der Waals surface area contributed by atoms with Crippen LogP contribution in [0.3, 0.4) is 0 Å². The number of aromatic nitrogens is 1. The van der Waals surface area contributed by atoms with Gasteiger partial charge in [0, 0.05) is 18.1 Å². The van der Waals surface area contributed by atoms with E-state index in [1.54, 1.807) is 12.1 Å². The van der Waals surface area contributed by atoms with E-state index in [-0.39, 0.29) is 17.2 Å². The summed E-state index contributed by atoms with van der Waals surface area (Å²) in [6.07, 6.45) is -0.0110. The highest BCUT2D eigenvalue weighted by Gasteiger charge is 2.14. The molecule has 0 unspecified atom stereocenters. The van der Waals surface area contributed by atoms with Gasteiger partial charge in [0.1, 0.15) is 11.6 Å². The van der Waals surface area contributed by atoms with Gasteiger partial charge in [-0.05, 0) is 34.9 Å². The van der Waals surface area contributed by atoms with Crippen LogP contribution in [-0.2, 0) is 6.42 Å². The fourth-order valence-corrected chi connectivity index (χ4v) is 2.28. The van der Waals surface area contributed by atoms with Crippen LogP contribution >= 0.6 is 11.6 Å². The second kappa shape index (κ2) is 5.66. The first-order valence-corrected chi connectivity index (χ1v) is 6.66. The van der Waals surface area contributed by atoms with Crippen molar-refractivity contribution in [1.82, 2.24) is 5.16 Å². The van der Waals surface area contributed by atoms with E-state index in [9.17, 15) is 8.78 Å². The van der Waals surface area contributed by atoms with Crippen molar-refractivity contribution in [2.45, 2.75) is 6.42 Å². The summed E-state index contributed by atoms with van der Waals surface area (Å²) in [5, 5.41) is 3.72. The summed E-state index contributed by atoms with van der Waals surface area (Å²) in [5.41, 5.74) is 1.57. The number of nitrogens with zero attached hydrogens (tertiary/aromatic N) is 1. The van der Waals surface area contributed by atoms with Gasteiger partial charge in [0.15, 0.2) is 0 Å². The van der Waals surface area contributed by atoms with E-state index in [0.29, 0.717) is 11.3 Å². The lowest BCUT2D eigenvalue weighted by atomic mass is 10.0. The summed E-state index contributed by atoms with van der Waals surface area (Å²) in [6.45, 7) is 0. The first-order chi connectivity index (χ1) is 10.1. The SMILES string of the molecule is Fc1cc(-c2ccccc2)cc(F)c1Cc1cc(Cl)on1. The minimum atomic E-state index is -0.618. The van der Waals surface area contributed by atoms with Crippen molar-refractivity contribution < 1.29 is 13.3 Å². The molecule has 5 heteroatoms. The summed E-state index contributed by atoms with van der Waals surface area (Å²) in [4.78, 5) is 0. The second-order valence-electron chi connectivity index (χ2n) is 4.58. The van der Waals surface area contributed by atoms with Crippen LogP contribution in [0.25, 0.3) is 11.1 Å². The molecule has 1 aromatic heterocycles. The fraction of sp³-hybridized carbons (Fsp3) is 0.0625. The average molecular weight is 306 g/mol. The lowest BCUT2D eigenvalue weighted by Gasteiger charge is -2.07. The van der Waals surface area contributed by atoms with Gasteiger partial charge in [0.2, 0.25) is 5.22 Å². The van der Waals surface area contributed by atoms with E-state index in [1.807, 2.05) is 18.2 Å². The Balaban J connectivity index is 1.97. The topological polar surface area (TPSA) is 26.0 Å². The molecule has 0 atom stereocenters. The van der Waals surface area contributed by atoms with Crippen LogP contribution in [0.5, 0.6) is 0 Å². The maximum absolute atomic E-state index is 14.2. The Bertz CT molecular complexity index is 748. The molecule has 0 fully saturated rings. The van der Waals surface area contributed by atoms with Crippen molar-refractivity contribution in [1.29, 1.82) is 0 Å². The number of hydrogen-bond acceptors (Lipinski definition) is 2. The van der Waals surface area contributed by atoms with E-state index in [4.69, 9.17) is 11.6 Å². The molecule has 1 heterocycles. The van der Waals surface area contributed by atoms with Crippen molar-refractivity contribution in [3.05, 3.63) is 76.6 Å². The summed E-state index contributed by atoms with van der Waals surface area (Å²) in [6, 6.07) is 13.1. The van der Waals surface area contributed by atoms with Gasteiger partial charge in [-0.1, -0.05) is 35.5 Å². The Morgan fingerprint density at radius 2 is 1.62 bits per heavy atom. The predicted octanol–water partition coefficient (Wildman–Crippen LogP) is 4.86. The van der Waals surface area contributed by atoms with Crippen molar-refractivity contribution in [3.63, 3.8) is 0 Å². The monoisotopic (exact) mass is 305 g/mol. The Morgan fingerprint density at radius 3 is 2.19 bits per heavy atom. The summed E-state index contributed by atoms with van der Waals surface area (Å²) in [7, 11) is 0. The third-order valence-electron chi connectivity index (χ3n) is 3.14. The number of halogens is 3. The van der Waals surface area contributed by atoms with Crippen molar-refractivity contribution in [2.75, 3.05) is 0 Å². The first kappa shape index (κ1) is 13.8. The largest absolute Gasteiger partial charge is 0.344 e. The molecule has 2 nitrogen and oxygen atoms in total. The number of hydrogen-bond donors (Lipinski definition) is 0. The van der Waals surface area contributed by atoms with Crippen molar-refractivity contribution in [3.8, 4) is 11.1 Å². The van der Waals surface area contributed by atoms with Gasteiger partial charge in [0.25, 0.3) is 0 Å². The van der Waals surface area contributed by atoms with Crippen LogP contribution in [-0.4, -0.2) is 5.16 Å². The second-order valence-corrected chi connectivity index (χ2v) is 4.96. The number of benzene rings is 2. The molecule has 3 rings (SSSR count). The van der Waals surface area contributed by atoms with Gasteiger partial charge in [-0.15, -0.1) is 0 Å². The van der Waals surface area contributed by atoms with Crippen molar-refractivity contribution in [2.24, 2.45) is 0 Å². The summed E-state index contributed by atoms with van der Waals surface area (Å²) in [5.74, 6) is -1.24. The van der Waals surface area contributed by atoms with Gasteiger partial charge in [-0.2, -0.15) is 0 Å². The molecule has 0 aliphatic heterocycles.